The maximum atomic E-state index is 12.5. The zero-order valence-corrected chi connectivity index (χ0v) is 16.1. The minimum Gasteiger partial charge on any atom is -0.444 e. The summed E-state index contributed by atoms with van der Waals surface area (Å²) in [5.41, 5.74) is 0.513. The summed E-state index contributed by atoms with van der Waals surface area (Å²) in [6, 6.07) is 0.202. The molecule has 2 rings (SSSR count). The number of carbonyl (C=O) groups is 1. The summed E-state index contributed by atoms with van der Waals surface area (Å²) in [4.78, 5) is 14.3. The fourth-order valence-corrected chi connectivity index (χ4v) is 2.95. The number of aromatic nitrogens is 2. The number of nitrogens with zero attached hydrogens (tertiary/aromatic N) is 3. The van der Waals surface area contributed by atoms with Gasteiger partial charge in [0.15, 0.2) is 0 Å². The second-order valence-corrected chi connectivity index (χ2v) is 7.68. The fraction of sp³-hybridized carbons (Fsp3) is 0.778. The Hall–Kier alpha value is -1.76. The third kappa shape index (κ3) is 6.23. The van der Waals surface area contributed by atoms with Crippen molar-refractivity contribution in [2.45, 2.75) is 71.7 Å². The van der Waals surface area contributed by atoms with Gasteiger partial charge in [-0.25, -0.2) is 4.79 Å². The Morgan fingerprint density at radius 2 is 2.28 bits per heavy atom. The van der Waals surface area contributed by atoms with Crippen LogP contribution in [-0.4, -0.2) is 58.2 Å². The largest absolute Gasteiger partial charge is 0.444 e. The van der Waals surface area contributed by atoms with Crippen molar-refractivity contribution < 1.29 is 14.3 Å². The predicted octanol–water partition coefficient (Wildman–Crippen LogP) is 3.12. The molecule has 0 bridgehead atoms. The lowest BCUT2D eigenvalue weighted by molar-refractivity contribution is -0.0345. The molecule has 0 saturated carbocycles. The maximum Gasteiger partial charge on any atom is 0.410 e. The molecule has 1 aromatic rings. The van der Waals surface area contributed by atoms with Gasteiger partial charge < -0.3 is 19.7 Å². The molecule has 25 heavy (non-hydrogen) atoms. The van der Waals surface area contributed by atoms with Crippen LogP contribution in [0.2, 0.25) is 0 Å². The standard InChI is InChI=1S/C18H32N4O3/c1-6-7-21-12-15(11-19-21)20-14(2)10-16-13-24-9-8-22(16)17(23)25-18(3,4)5/h11-12,14,16,20H,6-10,13H2,1-5H3/t14-,16-/m1/s1. The number of hydrogen-bond acceptors (Lipinski definition) is 5. The van der Waals surface area contributed by atoms with Crippen molar-refractivity contribution in [3.05, 3.63) is 12.4 Å². The van der Waals surface area contributed by atoms with Crippen molar-refractivity contribution in [1.82, 2.24) is 14.7 Å². The molecular formula is C18H32N4O3. The van der Waals surface area contributed by atoms with E-state index in [0.29, 0.717) is 19.8 Å². The number of hydrogen-bond donors (Lipinski definition) is 1. The molecule has 1 saturated heterocycles. The van der Waals surface area contributed by atoms with Crippen molar-refractivity contribution >= 4 is 11.8 Å². The van der Waals surface area contributed by atoms with E-state index in [4.69, 9.17) is 9.47 Å². The summed E-state index contributed by atoms with van der Waals surface area (Å²) in [5, 5.41) is 7.79. The lowest BCUT2D eigenvalue weighted by Crippen LogP contribution is -2.51. The van der Waals surface area contributed by atoms with Gasteiger partial charge in [-0.3, -0.25) is 4.68 Å². The highest BCUT2D eigenvalue weighted by Crippen LogP contribution is 2.19. The third-order valence-corrected chi connectivity index (χ3v) is 3.98. The first-order valence-electron chi connectivity index (χ1n) is 9.15. The lowest BCUT2D eigenvalue weighted by Gasteiger charge is -2.37. The molecule has 0 unspecified atom stereocenters. The molecule has 2 atom stereocenters. The van der Waals surface area contributed by atoms with E-state index in [9.17, 15) is 4.79 Å². The summed E-state index contributed by atoms with van der Waals surface area (Å²) < 4.78 is 13.1. The van der Waals surface area contributed by atoms with Crippen LogP contribution in [0.25, 0.3) is 0 Å². The fourth-order valence-electron chi connectivity index (χ4n) is 2.95. The molecule has 142 valence electrons. The molecule has 2 heterocycles. The highest BCUT2D eigenvalue weighted by molar-refractivity contribution is 5.68. The van der Waals surface area contributed by atoms with E-state index in [0.717, 1.165) is 25.1 Å². The molecule has 0 radical (unpaired) electrons. The molecule has 7 nitrogen and oxygen atoms in total. The summed E-state index contributed by atoms with van der Waals surface area (Å²) in [7, 11) is 0. The van der Waals surface area contributed by atoms with Crippen LogP contribution in [0.5, 0.6) is 0 Å². The number of amides is 1. The number of nitrogens with one attached hydrogen (secondary N) is 1. The van der Waals surface area contributed by atoms with E-state index in [1.807, 2.05) is 37.8 Å². The van der Waals surface area contributed by atoms with Crippen LogP contribution in [-0.2, 0) is 16.0 Å². The molecule has 1 aliphatic rings. The molecular weight excluding hydrogens is 320 g/mol. The first kappa shape index (κ1) is 19.6. The minimum absolute atomic E-state index is 0.0109. The van der Waals surface area contributed by atoms with Gasteiger partial charge >= 0.3 is 6.09 Å². The summed E-state index contributed by atoms with van der Waals surface area (Å²) >= 11 is 0. The summed E-state index contributed by atoms with van der Waals surface area (Å²) in [5.74, 6) is 0. The van der Waals surface area contributed by atoms with Crippen LogP contribution in [0, 0.1) is 0 Å². The number of aryl methyl sites for hydroxylation is 1. The van der Waals surface area contributed by atoms with E-state index in [2.05, 4.69) is 24.3 Å². The van der Waals surface area contributed by atoms with Crippen molar-refractivity contribution in [3.63, 3.8) is 0 Å². The Bertz CT molecular complexity index is 553. The van der Waals surface area contributed by atoms with Gasteiger partial charge in [0.05, 0.1) is 31.1 Å². The van der Waals surface area contributed by atoms with E-state index in [-0.39, 0.29) is 18.2 Å². The highest BCUT2D eigenvalue weighted by Gasteiger charge is 2.31. The number of anilines is 1. The number of ether oxygens (including phenoxy) is 2. The molecule has 7 heteroatoms. The average molecular weight is 352 g/mol. The predicted molar refractivity (Wildman–Crippen MR) is 97.8 cm³/mol. The van der Waals surface area contributed by atoms with Crippen LogP contribution < -0.4 is 5.32 Å². The zero-order chi connectivity index (χ0) is 18.4. The number of rotatable bonds is 6. The first-order chi connectivity index (χ1) is 11.8. The Kier molecular flexibility index (Phi) is 6.70. The normalized spacial score (nSPS) is 19.6. The second-order valence-electron chi connectivity index (χ2n) is 7.68. The smallest absolute Gasteiger partial charge is 0.410 e. The average Bonchev–Trinajstić information content (AvgIpc) is 2.93. The van der Waals surface area contributed by atoms with Gasteiger partial charge in [0.1, 0.15) is 5.60 Å². The van der Waals surface area contributed by atoms with E-state index in [1.54, 1.807) is 4.90 Å². The van der Waals surface area contributed by atoms with E-state index >= 15 is 0 Å². The van der Waals surface area contributed by atoms with Gasteiger partial charge in [-0.15, -0.1) is 0 Å². The summed E-state index contributed by atoms with van der Waals surface area (Å²) in [6.45, 7) is 12.5. The van der Waals surface area contributed by atoms with Gasteiger partial charge in [0.25, 0.3) is 0 Å². The topological polar surface area (TPSA) is 68.6 Å². The summed E-state index contributed by atoms with van der Waals surface area (Å²) in [6.07, 6.45) is 5.45. The molecule has 1 N–H and O–H groups in total. The SMILES string of the molecule is CCCn1cc(N[C@H](C)C[C@@H]2COCCN2C(=O)OC(C)(C)C)cn1. The van der Waals surface area contributed by atoms with Gasteiger partial charge in [-0.2, -0.15) is 5.10 Å². The highest BCUT2D eigenvalue weighted by atomic mass is 16.6. The van der Waals surface area contributed by atoms with Gasteiger partial charge in [0.2, 0.25) is 0 Å². The lowest BCUT2D eigenvalue weighted by atomic mass is 10.1. The van der Waals surface area contributed by atoms with Crippen LogP contribution in [0.4, 0.5) is 10.5 Å². The minimum atomic E-state index is -0.488. The Balaban J connectivity index is 1.91. The first-order valence-corrected chi connectivity index (χ1v) is 9.15. The third-order valence-electron chi connectivity index (χ3n) is 3.98. The van der Waals surface area contributed by atoms with E-state index in [1.165, 1.54) is 0 Å². The van der Waals surface area contributed by atoms with Gasteiger partial charge in [0, 0.05) is 25.3 Å². The molecule has 1 amide bonds. The van der Waals surface area contributed by atoms with Crippen molar-refractivity contribution in [2.75, 3.05) is 25.1 Å². The van der Waals surface area contributed by atoms with Gasteiger partial charge in [-0.1, -0.05) is 6.92 Å². The molecule has 0 aliphatic carbocycles. The second kappa shape index (κ2) is 8.56. The zero-order valence-electron chi connectivity index (χ0n) is 16.1. The Morgan fingerprint density at radius 1 is 1.52 bits per heavy atom. The monoisotopic (exact) mass is 352 g/mol. The maximum absolute atomic E-state index is 12.5. The Morgan fingerprint density at radius 3 is 2.96 bits per heavy atom. The van der Waals surface area contributed by atoms with E-state index < -0.39 is 5.60 Å². The molecule has 0 spiro atoms. The quantitative estimate of drug-likeness (QED) is 0.852. The molecule has 1 fully saturated rings. The van der Waals surface area contributed by atoms with Crippen molar-refractivity contribution in [3.8, 4) is 0 Å². The van der Waals surface area contributed by atoms with Crippen molar-refractivity contribution in [2.24, 2.45) is 0 Å². The number of morpholine rings is 1. The van der Waals surface area contributed by atoms with Crippen LogP contribution >= 0.6 is 0 Å². The Labute approximate surface area is 150 Å². The van der Waals surface area contributed by atoms with Crippen molar-refractivity contribution in [1.29, 1.82) is 0 Å². The van der Waals surface area contributed by atoms with Crippen LogP contribution in [0.3, 0.4) is 0 Å². The van der Waals surface area contributed by atoms with Gasteiger partial charge in [-0.05, 0) is 40.5 Å². The molecule has 1 aliphatic heterocycles. The number of carbonyl (C=O) groups excluding carboxylic acids is 1. The van der Waals surface area contributed by atoms with Crippen LogP contribution in [0.15, 0.2) is 12.4 Å². The van der Waals surface area contributed by atoms with Crippen LogP contribution in [0.1, 0.15) is 47.5 Å². The molecule has 1 aromatic heterocycles. The molecule has 0 aromatic carbocycles.